The molecule has 1 fully saturated rings. The van der Waals surface area contributed by atoms with Crippen LogP contribution in [-0.2, 0) is 18.5 Å². The number of nitrogens with zero attached hydrogens (tertiary/aromatic N) is 4. The molecule has 0 radical (unpaired) electrons. The first-order valence-electron chi connectivity index (χ1n) is 15.6. The number of fused-ring (bicyclic) bond motifs is 2. The lowest BCUT2D eigenvalue weighted by atomic mass is 9.82. The van der Waals surface area contributed by atoms with E-state index < -0.39 is 17.5 Å². The summed E-state index contributed by atoms with van der Waals surface area (Å²) >= 11 is 6.05. The van der Waals surface area contributed by atoms with Gasteiger partial charge in [0.05, 0.1) is 48.1 Å². The van der Waals surface area contributed by atoms with Crippen LogP contribution in [0.15, 0.2) is 54.6 Å². The maximum atomic E-state index is 15.0. The highest BCUT2D eigenvalue weighted by Crippen LogP contribution is 2.44. The van der Waals surface area contributed by atoms with Crippen LogP contribution in [0.4, 0.5) is 10.1 Å². The Morgan fingerprint density at radius 3 is 2.67 bits per heavy atom. The maximum absolute atomic E-state index is 15.0. The predicted octanol–water partition coefficient (Wildman–Crippen LogP) is 6.46. The number of aromatic nitrogens is 2. The standard InChI is InChI=1S/C35H40ClFN4O4/c1-4-25(42)18-41-30-16-23(34(43)44)8-11-29(30)38-32(41)19-40-14-12-22(13-15-40)26-6-5-7-31-33(26)39(3)20-35(2,21-45-31)27-10-9-24(36)17-28(27)37/h5-11,16-17,22,25,42H,4,12-15,18-21H2,1-3H3,(H,43,44). The second-order valence-electron chi connectivity index (χ2n) is 12.8. The van der Waals surface area contributed by atoms with Crippen molar-refractivity contribution in [2.24, 2.45) is 0 Å². The molecule has 0 aliphatic carbocycles. The molecule has 2 aliphatic heterocycles. The largest absolute Gasteiger partial charge is 0.490 e. The van der Waals surface area contributed by atoms with E-state index in [4.69, 9.17) is 21.3 Å². The number of carbonyl (C=O) groups is 1. The number of anilines is 1. The first kappa shape index (κ1) is 31.3. The smallest absolute Gasteiger partial charge is 0.335 e. The summed E-state index contributed by atoms with van der Waals surface area (Å²) in [5, 5.41) is 20.4. The van der Waals surface area contributed by atoms with Crippen LogP contribution in [-0.4, -0.2) is 70.0 Å². The van der Waals surface area contributed by atoms with Crippen molar-refractivity contribution < 1.29 is 24.1 Å². The van der Waals surface area contributed by atoms with Crippen LogP contribution in [0.3, 0.4) is 0 Å². The van der Waals surface area contributed by atoms with Gasteiger partial charge in [0.25, 0.3) is 0 Å². The van der Waals surface area contributed by atoms with Gasteiger partial charge >= 0.3 is 5.97 Å². The Kier molecular flexibility index (Phi) is 8.78. The number of piperidine rings is 1. The number of rotatable bonds is 8. The average molecular weight is 635 g/mol. The number of imidazole rings is 1. The number of para-hydroxylation sites is 1. The zero-order valence-electron chi connectivity index (χ0n) is 26.0. The van der Waals surface area contributed by atoms with Crippen molar-refractivity contribution in [2.75, 3.05) is 38.2 Å². The lowest BCUT2D eigenvalue weighted by molar-refractivity contribution is 0.0697. The lowest BCUT2D eigenvalue weighted by Gasteiger charge is -2.35. The molecule has 45 heavy (non-hydrogen) atoms. The van der Waals surface area contributed by atoms with Crippen LogP contribution >= 0.6 is 11.6 Å². The average Bonchev–Trinajstić information content (AvgIpc) is 3.28. The number of likely N-dealkylation sites (tertiary alicyclic amines) is 1. The maximum Gasteiger partial charge on any atom is 0.335 e. The summed E-state index contributed by atoms with van der Waals surface area (Å²) in [6, 6.07) is 16.1. The van der Waals surface area contributed by atoms with Gasteiger partial charge in [-0.2, -0.15) is 0 Å². The minimum absolute atomic E-state index is 0.205. The first-order chi connectivity index (χ1) is 21.6. The van der Waals surface area contributed by atoms with E-state index in [1.165, 1.54) is 11.6 Å². The van der Waals surface area contributed by atoms with E-state index in [0.717, 1.165) is 54.2 Å². The van der Waals surface area contributed by atoms with E-state index in [9.17, 15) is 15.0 Å². The van der Waals surface area contributed by atoms with Crippen LogP contribution in [0.5, 0.6) is 5.75 Å². The Morgan fingerprint density at radius 2 is 1.96 bits per heavy atom. The van der Waals surface area contributed by atoms with Crippen LogP contribution in [0.1, 0.15) is 66.3 Å². The number of carboxylic acid groups (broad SMARTS) is 1. The number of aliphatic hydroxyl groups is 1. The minimum atomic E-state index is -0.985. The van der Waals surface area contributed by atoms with E-state index in [1.54, 1.807) is 30.3 Å². The van der Waals surface area contributed by atoms with Crippen LogP contribution in [0.25, 0.3) is 11.0 Å². The molecule has 2 unspecified atom stereocenters. The van der Waals surface area contributed by atoms with Gasteiger partial charge in [0, 0.05) is 24.0 Å². The summed E-state index contributed by atoms with van der Waals surface area (Å²) in [5.74, 6) is 0.674. The first-order valence-corrected chi connectivity index (χ1v) is 16.0. The van der Waals surface area contributed by atoms with Gasteiger partial charge in [0.1, 0.15) is 17.4 Å². The second kappa shape index (κ2) is 12.6. The quantitative estimate of drug-likeness (QED) is 0.230. The highest BCUT2D eigenvalue weighted by molar-refractivity contribution is 6.30. The van der Waals surface area contributed by atoms with Gasteiger partial charge in [-0.3, -0.25) is 4.90 Å². The molecule has 3 aromatic carbocycles. The van der Waals surface area contributed by atoms with E-state index >= 15 is 4.39 Å². The molecule has 0 spiro atoms. The Balaban J connectivity index is 1.20. The Morgan fingerprint density at radius 1 is 1.18 bits per heavy atom. The molecule has 1 aromatic heterocycles. The number of likely N-dealkylation sites (N-methyl/N-ethyl adjacent to an activating group) is 1. The number of ether oxygens (including phenoxy) is 1. The van der Waals surface area contributed by atoms with E-state index in [0.29, 0.717) is 49.2 Å². The number of benzene rings is 3. The number of hydrogen-bond acceptors (Lipinski definition) is 6. The van der Waals surface area contributed by atoms with Crippen molar-refractivity contribution in [2.45, 2.75) is 63.6 Å². The fraction of sp³-hybridized carbons (Fsp3) is 0.429. The second-order valence-corrected chi connectivity index (χ2v) is 13.2. The molecule has 0 bridgehead atoms. The summed E-state index contributed by atoms with van der Waals surface area (Å²) in [5.41, 5.74) is 4.01. The van der Waals surface area contributed by atoms with E-state index in [-0.39, 0.29) is 11.4 Å². The van der Waals surface area contributed by atoms with Gasteiger partial charge in [-0.05, 0) is 85.8 Å². The number of aromatic carboxylic acids is 1. The predicted molar refractivity (Wildman–Crippen MR) is 174 cm³/mol. The van der Waals surface area contributed by atoms with Crippen molar-refractivity contribution in [3.05, 3.63) is 88.0 Å². The van der Waals surface area contributed by atoms with Crippen molar-refractivity contribution >= 4 is 34.3 Å². The van der Waals surface area contributed by atoms with Crippen LogP contribution in [0, 0.1) is 5.82 Å². The van der Waals surface area contributed by atoms with E-state index in [1.807, 2.05) is 30.5 Å². The zero-order chi connectivity index (χ0) is 31.9. The lowest BCUT2D eigenvalue weighted by Crippen LogP contribution is -2.40. The summed E-state index contributed by atoms with van der Waals surface area (Å²) in [4.78, 5) is 21.1. The Hall–Kier alpha value is -3.66. The fourth-order valence-corrected chi connectivity index (χ4v) is 7.15. The monoisotopic (exact) mass is 634 g/mol. The fourth-order valence-electron chi connectivity index (χ4n) is 6.99. The van der Waals surface area contributed by atoms with Gasteiger partial charge in [-0.15, -0.1) is 0 Å². The van der Waals surface area contributed by atoms with Gasteiger partial charge < -0.3 is 24.4 Å². The molecule has 10 heteroatoms. The molecular formula is C35H40ClFN4O4. The third-order valence-electron chi connectivity index (χ3n) is 9.46. The molecular weight excluding hydrogens is 595 g/mol. The molecule has 3 heterocycles. The summed E-state index contributed by atoms with van der Waals surface area (Å²) in [6.07, 6.45) is 1.95. The van der Waals surface area contributed by atoms with Crippen molar-refractivity contribution in [3.8, 4) is 5.75 Å². The van der Waals surface area contributed by atoms with Crippen molar-refractivity contribution in [1.82, 2.24) is 14.5 Å². The normalized spacial score (nSPS) is 20.1. The van der Waals surface area contributed by atoms with Gasteiger partial charge in [0.2, 0.25) is 0 Å². The van der Waals surface area contributed by atoms with Gasteiger partial charge in [-0.1, -0.05) is 43.6 Å². The van der Waals surface area contributed by atoms with Crippen LogP contribution < -0.4 is 9.64 Å². The topological polar surface area (TPSA) is 91.1 Å². The molecule has 0 amide bonds. The van der Waals surface area contributed by atoms with E-state index in [2.05, 4.69) is 22.9 Å². The summed E-state index contributed by atoms with van der Waals surface area (Å²) in [6.45, 7) is 7.63. The molecule has 2 atom stereocenters. The summed E-state index contributed by atoms with van der Waals surface area (Å²) < 4.78 is 23.4. The SMILES string of the molecule is CCC(O)Cn1c(CN2CCC(c3cccc4c3N(C)CC(C)(c3ccc(Cl)cc3F)CO4)CC2)nc2ccc(C(=O)O)cc21. The molecule has 1 saturated heterocycles. The highest BCUT2D eigenvalue weighted by atomic mass is 35.5. The highest BCUT2D eigenvalue weighted by Gasteiger charge is 2.37. The molecule has 0 saturated carbocycles. The van der Waals surface area contributed by atoms with Gasteiger partial charge in [-0.25, -0.2) is 14.2 Å². The number of halogens is 2. The number of aliphatic hydroxyl groups excluding tert-OH is 1. The molecule has 2 N–H and O–H groups in total. The van der Waals surface area contributed by atoms with Crippen molar-refractivity contribution in [1.29, 1.82) is 0 Å². The molecule has 8 nitrogen and oxygen atoms in total. The molecule has 6 rings (SSSR count). The minimum Gasteiger partial charge on any atom is -0.490 e. The number of carboxylic acids is 1. The Bertz CT molecular complexity index is 1720. The van der Waals surface area contributed by atoms with Crippen LogP contribution in [0.2, 0.25) is 5.02 Å². The molecule has 2 aliphatic rings. The summed E-state index contributed by atoms with van der Waals surface area (Å²) in [7, 11) is 2.06. The third-order valence-corrected chi connectivity index (χ3v) is 9.69. The van der Waals surface area contributed by atoms with Crippen molar-refractivity contribution in [3.63, 3.8) is 0 Å². The molecule has 4 aromatic rings. The Labute approximate surface area is 268 Å². The molecule has 238 valence electrons. The van der Waals surface area contributed by atoms with Gasteiger partial charge in [0.15, 0.2) is 0 Å². The third kappa shape index (κ3) is 6.26. The number of hydrogen-bond donors (Lipinski definition) is 2. The zero-order valence-corrected chi connectivity index (χ0v) is 26.7.